The average molecular weight is 483 g/mol. The summed E-state index contributed by atoms with van der Waals surface area (Å²) in [7, 11) is -6.94. The average Bonchev–Trinajstić information content (AvgIpc) is 2.94. The van der Waals surface area contributed by atoms with E-state index in [4.69, 9.17) is 4.74 Å². The van der Waals surface area contributed by atoms with Gasteiger partial charge in [-0.25, -0.2) is 25.9 Å². The van der Waals surface area contributed by atoms with E-state index >= 15 is 0 Å². The van der Waals surface area contributed by atoms with Crippen LogP contribution in [0.25, 0.3) is 0 Å². The van der Waals surface area contributed by atoms with Gasteiger partial charge in [0.15, 0.2) is 0 Å². The topological polar surface area (TPSA) is 136 Å². The molecule has 10 nitrogen and oxygen atoms in total. The maximum Gasteiger partial charge on any atom is 0.337 e. The number of carbonyl (C=O) groups excluding carboxylic acids is 2. The summed E-state index contributed by atoms with van der Waals surface area (Å²) in [5, 5.41) is 0. The number of carbonyl (C=O) groups is 2. The second kappa shape index (κ2) is 8.79. The normalized spacial score (nSPS) is 17.8. The highest BCUT2D eigenvalue weighted by atomic mass is 32.2. The Balaban J connectivity index is 2.02. The first-order valence-electron chi connectivity index (χ1n) is 9.55. The molecule has 0 spiro atoms. The van der Waals surface area contributed by atoms with Gasteiger partial charge in [-0.3, -0.25) is 9.52 Å². The Hall–Kier alpha value is -3.12. The first kappa shape index (κ1) is 23.5. The van der Waals surface area contributed by atoms with Gasteiger partial charge in [-0.1, -0.05) is 6.92 Å². The zero-order valence-corrected chi connectivity index (χ0v) is 19.2. The van der Waals surface area contributed by atoms with Crippen LogP contribution in [-0.4, -0.2) is 48.2 Å². The van der Waals surface area contributed by atoms with Crippen molar-refractivity contribution < 1.29 is 35.9 Å². The Morgan fingerprint density at radius 1 is 1.19 bits per heavy atom. The molecular weight excluding hydrogens is 460 g/mol. The molecule has 1 atom stereocenters. The van der Waals surface area contributed by atoms with Crippen molar-refractivity contribution in [2.45, 2.75) is 18.7 Å². The van der Waals surface area contributed by atoms with Gasteiger partial charge < -0.3 is 9.47 Å². The predicted molar refractivity (Wildman–Crippen MR) is 117 cm³/mol. The maximum atomic E-state index is 13.1. The van der Waals surface area contributed by atoms with E-state index in [9.17, 15) is 26.4 Å². The number of hydrogen-bond acceptors (Lipinski definition) is 8. The molecule has 0 aliphatic carbocycles. The van der Waals surface area contributed by atoms with E-state index in [0.29, 0.717) is 4.31 Å². The summed E-state index contributed by atoms with van der Waals surface area (Å²) in [5.74, 6) is -2.31. The minimum absolute atomic E-state index is 0.00739. The van der Waals surface area contributed by atoms with Gasteiger partial charge in [0.2, 0.25) is 15.9 Å². The van der Waals surface area contributed by atoms with E-state index in [0.717, 1.165) is 6.07 Å². The molecule has 1 saturated heterocycles. The minimum Gasteiger partial charge on any atom is -0.492 e. The predicted octanol–water partition coefficient (Wildman–Crippen LogP) is 1.99. The van der Waals surface area contributed by atoms with Crippen molar-refractivity contribution in [2.24, 2.45) is 5.92 Å². The Labute approximate surface area is 186 Å². The van der Waals surface area contributed by atoms with Gasteiger partial charge in [0, 0.05) is 5.69 Å². The highest BCUT2D eigenvalue weighted by molar-refractivity contribution is 7.94. The second-order valence-corrected chi connectivity index (χ2v) is 10.5. The fraction of sp³-hybridized carbons (Fsp3) is 0.300. The first-order valence-corrected chi connectivity index (χ1v) is 12.6. The van der Waals surface area contributed by atoms with Crippen LogP contribution in [0, 0.1) is 5.92 Å². The van der Waals surface area contributed by atoms with Crippen LogP contribution in [0.1, 0.15) is 24.2 Å². The molecule has 32 heavy (non-hydrogen) atoms. The lowest BCUT2D eigenvalue weighted by molar-refractivity contribution is -0.119. The third-order valence-electron chi connectivity index (χ3n) is 4.67. The number of ether oxygens (including phenoxy) is 2. The number of esters is 1. The van der Waals surface area contributed by atoms with E-state index in [1.165, 1.54) is 50.4 Å². The summed E-state index contributed by atoms with van der Waals surface area (Å²) >= 11 is 0. The zero-order chi connectivity index (χ0) is 23.7. The van der Waals surface area contributed by atoms with E-state index in [1.807, 2.05) is 0 Å². The number of hydrogen-bond donors (Lipinski definition) is 1. The monoisotopic (exact) mass is 482 g/mol. The molecule has 1 aliphatic rings. The van der Waals surface area contributed by atoms with E-state index in [1.54, 1.807) is 6.92 Å². The third-order valence-corrected chi connectivity index (χ3v) is 7.94. The molecule has 12 heteroatoms. The van der Waals surface area contributed by atoms with Crippen molar-refractivity contribution in [1.29, 1.82) is 0 Å². The molecule has 1 fully saturated rings. The second-order valence-electron chi connectivity index (χ2n) is 7.02. The number of nitrogens with one attached hydrogen (secondary N) is 1. The smallest absolute Gasteiger partial charge is 0.337 e. The Morgan fingerprint density at radius 2 is 1.84 bits per heavy atom. The minimum atomic E-state index is -4.25. The molecule has 0 aromatic heterocycles. The number of sulfonamides is 2. The van der Waals surface area contributed by atoms with Gasteiger partial charge in [0.05, 0.1) is 36.6 Å². The Bertz CT molecular complexity index is 1260. The SMILES string of the molecule is CCOc1ccc(N2C(=O)C(C)CS2(=O)=O)cc1S(=O)(=O)Nc1ccc(C(=O)OC)cc1. The van der Waals surface area contributed by atoms with Crippen molar-refractivity contribution in [3.8, 4) is 5.75 Å². The lowest BCUT2D eigenvalue weighted by Crippen LogP contribution is -2.30. The summed E-state index contributed by atoms with van der Waals surface area (Å²) in [6.45, 7) is 3.32. The highest BCUT2D eigenvalue weighted by Crippen LogP contribution is 2.34. The van der Waals surface area contributed by atoms with Crippen LogP contribution >= 0.6 is 0 Å². The molecule has 0 saturated carbocycles. The molecule has 1 N–H and O–H groups in total. The molecule has 2 aromatic carbocycles. The molecule has 0 bridgehead atoms. The molecule has 2 aromatic rings. The summed E-state index contributed by atoms with van der Waals surface area (Å²) in [6, 6.07) is 9.25. The number of rotatable bonds is 7. The summed E-state index contributed by atoms with van der Waals surface area (Å²) in [4.78, 5) is 23.6. The van der Waals surface area contributed by atoms with Crippen LogP contribution in [-0.2, 0) is 29.6 Å². The van der Waals surface area contributed by atoms with E-state index in [-0.39, 0.29) is 39.9 Å². The quantitative estimate of drug-likeness (QED) is 0.592. The summed E-state index contributed by atoms with van der Waals surface area (Å²) < 4.78 is 64.1. The van der Waals surface area contributed by atoms with Crippen LogP contribution in [0.2, 0.25) is 0 Å². The zero-order valence-electron chi connectivity index (χ0n) is 17.6. The van der Waals surface area contributed by atoms with Crippen molar-refractivity contribution in [1.82, 2.24) is 0 Å². The van der Waals surface area contributed by atoms with Crippen LogP contribution in [0.4, 0.5) is 11.4 Å². The largest absolute Gasteiger partial charge is 0.492 e. The molecule has 1 amide bonds. The lowest BCUT2D eigenvalue weighted by Gasteiger charge is -2.19. The number of methoxy groups -OCH3 is 1. The molecule has 1 heterocycles. The van der Waals surface area contributed by atoms with Gasteiger partial charge in [-0.15, -0.1) is 0 Å². The van der Waals surface area contributed by atoms with Crippen LogP contribution < -0.4 is 13.8 Å². The van der Waals surface area contributed by atoms with E-state index < -0.39 is 37.8 Å². The van der Waals surface area contributed by atoms with Gasteiger partial charge in [-0.2, -0.15) is 0 Å². The fourth-order valence-corrected chi connectivity index (χ4v) is 6.23. The lowest BCUT2D eigenvalue weighted by atomic mass is 10.2. The van der Waals surface area contributed by atoms with Crippen molar-refractivity contribution >= 4 is 43.3 Å². The van der Waals surface area contributed by atoms with Gasteiger partial charge in [0.1, 0.15) is 10.6 Å². The summed E-state index contributed by atoms with van der Waals surface area (Å²) in [5.41, 5.74) is 0.299. The van der Waals surface area contributed by atoms with Gasteiger partial charge in [0.25, 0.3) is 10.0 Å². The standard InChI is InChI=1S/C20H22N2O8S2/c1-4-30-17-10-9-16(22-19(23)13(2)12-31(22,25)26)11-18(17)32(27,28)21-15-7-5-14(6-8-15)20(24)29-3/h5-11,13,21H,4,12H2,1-3H3. The van der Waals surface area contributed by atoms with Crippen molar-refractivity contribution in [3.05, 3.63) is 48.0 Å². The number of anilines is 2. The third kappa shape index (κ3) is 4.55. The summed E-state index contributed by atoms with van der Waals surface area (Å²) in [6.07, 6.45) is 0. The molecule has 1 aliphatic heterocycles. The van der Waals surface area contributed by atoms with Gasteiger partial charge >= 0.3 is 5.97 Å². The van der Waals surface area contributed by atoms with Crippen molar-refractivity contribution in [2.75, 3.05) is 28.5 Å². The Morgan fingerprint density at radius 3 is 2.38 bits per heavy atom. The number of nitrogens with zero attached hydrogens (tertiary/aromatic N) is 1. The fourth-order valence-electron chi connectivity index (χ4n) is 3.20. The molecule has 3 rings (SSSR count). The molecule has 0 radical (unpaired) electrons. The molecule has 1 unspecified atom stereocenters. The highest BCUT2D eigenvalue weighted by Gasteiger charge is 2.42. The van der Waals surface area contributed by atoms with Crippen LogP contribution in [0.3, 0.4) is 0 Å². The molecular formula is C20H22N2O8S2. The number of benzene rings is 2. The Kier molecular flexibility index (Phi) is 6.46. The number of amides is 1. The molecule has 172 valence electrons. The van der Waals surface area contributed by atoms with E-state index in [2.05, 4.69) is 9.46 Å². The van der Waals surface area contributed by atoms with Gasteiger partial charge in [-0.05, 0) is 49.4 Å². The van der Waals surface area contributed by atoms with Crippen molar-refractivity contribution in [3.63, 3.8) is 0 Å². The van der Waals surface area contributed by atoms with Crippen LogP contribution in [0.5, 0.6) is 5.75 Å². The first-order chi connectivity index (χ1) is 15.0. The maximum absolute atomic E-state index is 13.1. The van der Waals surface area contributed by atoms with Crippen LogP contribution in [0.15, 0.2) is 47.4 Å².